The molecule has 0 radical (unpaired) electrons. The molecule has 1 aromatic carbocycles. The molecule has 0 unspecified atom stereocenters. The summed E-state index contributed by atoms with van der Waals surface area (Å²) in [6, 6.07) is 5.87. The van der Waals surface area contributed by atoms with Gasteiger partial charge in [0.2, 0.25) is 0 Å². The third-order valence-corrected chi connectivity index (χ3v) is 2.11. The van der Waals surface area contributed by atoms with Gasteiger partial charge in [0.05, 0.1) is 13.7 Å². The minimum Gasteiger partial charge on any atom is -0.493 e. The molecule has 0 aliphatic heterocycles. The lowest BCUT2D eigenvalue weighted by Crippen LogP contribution is -2.05. The number of benzene rings is 1. The van der Waals surface area contributed by atoms with Crippen LogP contribution in [0.15, 0.2) is 18.2 Å². The Bertz CT molecular complexity index is 369. The molecule has 0 saturated heterocycles. The SMILES string of the molecule is C#CCCOc1ccc(CNC)cc1OC. The summed E-state index contributed by atoms with van der Waals surface area (Å²) in [5.74, 6) is 4.01. The topological polar surface area (TPSA) is 30.5 Å². The molecule has 0 aromatic heterocycles. The normalized spacial score (nSPS) is 9.56. The van der Waals surface area contributed by atoms with Gasteiger partial charge in [-0.3, -0.25) is 0 Å². The highest BCUT2D eigenvalue weighted by atomic mass is 16.5. The molecule has 0 spiro atoms. The van der Waals surface area contributed by atoms with E-state index in [0.29, 0.717) is 13.0 Å². The van der Waals surface area contributed by atoms with Gasteiger partial charge >= 0.3 is 0 Å². The molecule has 0 bridgehead atoms. The summed E-state index contributed by atoms with van der Waals surface area (Å²) in [6.45, 7) is 1.32. The van der Waals surface area contributed by atoms with E-state index >= 15 is 0 Å². The summed E-state index contributed by atoms with van der Waals surface area (Å²) >= 11 is 0. The molecule has 16 heavy (non-hydrogen) atoms. The van der Waals surface area contributed by atoms with Crippen molar-refractivity contribution in [3.8, 4) is 23.8 Å². The molecule has 0 heterocycles. The van der Waals surface area contributed by atoms with E-state index in [9.17, 15) is 0 Å². The van der Waals surface area contributed by atoms with Crippen molar-refractivity contribution >= 4 is 0 Å². The largest absolute Gasteiger partial charge is 0.493 e. The number of nitrogens with one attached hydrogen (secondary N) is 1. The number of terminal acetylenes is 1. The molecule has 3 nitrogen and oxygen atoms in total. The molecule has 0 atom stereocenters. The van der Waals surface area contributed by atoms with E-state index in [1.807, 2.05) is 25.2 Å². The van der Waals surface area contributed by atoms with Gasteiger partial charge in [0.1, 0.15) is 0 Å². The monoisotopic (exact) mass is 219 g/mol. The second-order valence-electron chi connectivity index (χ2n) is 3.32. The Hall–Kier alpha value is -1.66. The van der Waals surface area contributed by atoms with Crippen LogP contribution in [-0.2, 0) is 6.54 Å². The fourth-order valence-electron chi connectivity index (χ4n) is 1.37. The third-order valence-electron chi connectivity index (χ3n) is 2.11. The molecule has 0 fully saturated rings. The highest BCUT2D eigenvalue weighted by molar-refractivity contribution is 5.42. The maximum Gasteiger partial charge on any atom is 0.161 e. The molecule has 0 aliphatic rings. The zero-order valence-corrected chi connectivity index (χ0v) is 9.75. The number of rotatable bonds is 6. The second kappa shape index (κ2) is 6.76. The average Bonchev–Trinajstić information content (AvgIpc) is 2.31. The van der Waals surface area contributed by atoms with Crippen molar-refractivity contribution in [3.63, 3.8) is 0 Å². The smallest absolute Gasteiger partial charge is 0.161 e. The molecule has 86 valence electrons. The molecule has 1 aromatic rings. The van der Waals surface area contributed by atoms with Crippen molar-refractivity contribution in [1.29, 1.82) is 0 Å². The number of hydrogen-bond acceptors (Lipinski definition) is 3. The van der Waals surface area contributed by atoms with E-state index in [2.05, 4.69) is 11.2 Å². The van der Waals surface area contributed by atoms with Gasteiger partial charge < -0.3 is 14.8 Å². The lowest BCUT2D eigenvalue weighted by Gasteiger charge is -2.11. The Morgan fingerprint density at radius 1 is 1.38 bits per heavy atom. The summed E-state index contributed by atoms with van der Waals surface area (Å²) in [7, 11) is 3.54. The first-order valence-electron chi connectivity index (χ1n) is 5.19. The van der Waals surface area contributed by atoms with Gasteiger partial charge in [-0.05, 0) is 24.7 Å². The summed E-state index contributed by atoms with van der Waals surface area (Å²) in [6.07, 6.45) is 5.76. The van der Waals surface area contributed by atoms with Gasteiger partial charge in [0.25, 0.3) is 0 Å². The van der Waals surface area contributed by atoms with Crippen LogP contribution >= 0.6 is 0 Å². The Balaban J connectivity index is 2.73. The van der Waals surface area contributed by atoms with Crippen molar-refractivity contribution in [2.75, 3.05) is 20.8 Å². The van der Waals surface area contributed by atoms with E-state index in [0.717, 1.165) is 23.6 Å². The average molecular weight is 219 g/mol. The summed E-state index contributed by atoms with van der Waals surface area (Å²) in [4.78, 5) is 0. The van der Waals surface area contributed by atoms with Crippen LogP contribution < -0.4 is 14.8 Å². The van der Waals surface area contributed by atoms with Crippen molar-refractivity contribution in [2.24, 2.45) is 0 Å². The van der Waals surface area contributed by atoms with E-state index in [1.165, 1.54) is 0 Å². The van der Waals surface area contributed by atoms with Gasteiger partial charge in [-0.25, -0.2) is 0 Å². The first-order valence-corrected chi connectivity index (χ1v) is 5.19. The van der Waals surface area contributed by atoms with Crippen LogP contribution in [0.3, 0.4) is 0 Å². The Morgan fingerprint density at radius 3 is 2.81 bits per heavy atom. The summed E-state index contributed by atoms with van der Waals surface area (Å²) in [5, 5.41) is 3.08. The van der Waals surface area contributed by atoms with Gasteiger partial charge in [-0.2, -0.15) is 0 Å². The zero-order chi connectivity index (χ0) is 11.8. The van der Waals surface area contributed by atoms with Gasteiger partial charge in [-0.15, -0.1) is 12.3 Å². The first-order chi connectivity index (χ1) is 7.81. The van der Waals surface area contributed by atoms with Crippen LogP contribution in [0.5, 0.6) is 11.5 Å². The van der Waals surface area contributed by atoms with E-state index in [4.69, 9.17) is 15.9 Å². The van der Waals surface area contributed by atoms with Crippen LogP contribution in [0.1, 0.15) is 12.0 Å². The standard InChI is InChI=1S/C13H17NO2/c1-4-5-8-16-12-7-6-11(10-14-2)9-13(12)15-3/h1,6-7,9,14H,5,8,10H2,2-3H3. The Labute approximate surface area is 96.8 Å². The van der Waals surface area contributed by atoms with Crippen LogP contribution in [0.25, 0.3) is 0 Å². The predicted octanol–water partition coefficient (Wildman–Crippen LogP) is 1.82. The van der Waals surface area contributed by atoms with E-state index in [-0.39, 0.29) is 0 Å². The van der Waals surface area contributed by atoms with Crippen molar-refractivity contribution in [3.05, 3.63) is 23.8 Å². The molecule has 3 heteroatoms. The van der Waals surface area contributed by atoms with Crippen LogP contribution in [0, 0.1) is 12.3 Å². The maximum absolute atomic E-state index is 5.51. The molecule has 0 saturated carbocycles. The molecule has 1 N–H and O–H groups in total. The lowest BCUT2D eigenvalue weighted by atomic mass is 10.2. The summed E-state index contributed by atoms with van der Waals surface area (Å²) < 4.78 is 10.8. The van der Waals surface area contributed by atoms with Crippen molar-refractivity contribution < 1.29 is 9.47 Å². The minimum absolute atomic E-state index is 0.512. The summed E-state index contributed by atoms with van der Waals surface area (Å²) in [5.41, 5.74) is 1.16. The van der Waals surface area contributed by atoms with Gasteiger partial charge in [0, 0.05) is 13.0 Å². The van der Waals surface area contributed by atoms with Crippen molar-refractivity contribution in [2.45, 2.75) is 13.0 Å². The number of ether oxygens (including phenoxy) is 2. The third kappa shape index (κ3) is 3.48. The van der Waals surface area contributed by atoms with E-state index in [1.54, 1.807) is 7.11 Å². The fourth-order valence-corrected chi connectivity index (χ4v) is 1.37. The predicted molar refractivity (Wildman–Crippen MR) is 64.7 cm³/mol. The number of methoxy groups -OCH3 is 1. The zero-order valence-electron chi connectivity index (χ0n) is 9.75. The van der Waals surface area contributed by atoms with Crippen LogP contribution in [0.4, 0.5) is 0 Å². The minimum atomic E-state index is 0.512. The highest BCUT2D eigenvalue weighted by Gasteiger charge is 2.04. The molecular weight excluding hydrogens is 202 g/mol. The first kappa shape index (κ1) is 12.4. The van der Waals surface area contributed by atoms with E-state index < -0.39 is 0 Å². The number of hydrogen-bond donors (Lipinski definition) is 1. The van der Waals surface area contributed by atoms with Gasteiger partial charge in [-0.1, -0.05) is 6.07 Å². The second-order valence-corrected chi connectivity index (χ2v) is 3.32. The fraction of sp³-hybridized carbons (Fsp3) is 0.385. The van der Waals surface area contributed by atoms with Crippen LogP contribution in [-0.4, -0.2) is 20.8 Å². The maximum atomic E-state index is 5.51. The van der Waals surface area contributed by atoms with Gasteiger partial charge in [0.15, 0.2) is 11.5 Å². The quantitative estimate of drug-likeness (QED) is 0.584. The highest BCUT2D eigenvalue weighted by Crippen LogP contribution is 2.28. The molecule has 0 amide bonds. The van der Waals surface area contributed by atoms with Crippen LogP contribution in [0.2, 0.25) is 0 Å². The Kier molecular flexibility index (Phi) is 5.24. The Morgan fingerprint density at radius 2 is 2.19 bits per heavy atom. The molecular formula is C13H17NO2. The van der Waals surface area contributed by atoms with Crippen molar-refractivity contribution in [1.82, 2.24) is 5.32 Å². The molecule has 0 aliphatic carbocycles. The molecule has 1 rings (SSSR count). The lowest BCUT2D eigenvalue weighted by molar-refractivity contribution is 0.301.